The molecule has 0 unspecified atom stereocenters. The van der Waals surface area contributed by atoms with Gasteiger partial charge in [-0.05, 0) is 0 Å². The van der Waals surface area contributed by atoms with Gasteiger partial charge in [-0.2, -0.15) is 0 Å². The predicted molar refractivity (Wildman–Crippen MR) is 31.8 cm³/mol. The fourth-order valence-electron chi connectivity index (χ4n) is 0.497. The third-order valence-electron chi connectivity index (χ3n) is 0.876. The van der Waals surface area contributed by atoms with Crippen LogP contribution in [0.2, 0.25) is 0 Å². The van der Waals surface area contributed by atoms with Crippen LogP contribution in [0, 0.1) is 0 Å². The SMILES string of the molecule is [Ru+]=[Si]c1ccccc1. The molecule has 0 amide bonds. The van der Waals surface area contributed by atoms with Crippen molar-refractivity contribution in [2.24, 2.45) is 0 Å². The Morgan fingerprint density at radius 3 is 2.12 bits per heavy atom. The topological polar surface area (TPSA) is 0 Å². The number of hydrogen-bond acceptors (Lipinski definition) is 0. The molecule has 0 aromatic heterocycles. The molecule has 0 heterocycles. The van der Waals surface area contributed by atoms with E-state index in [9.17, 15) is 0 Å². The summed E-state index contributed by atoms with van der Waals surface area (Å²) in [5.41, 5.74) is 0. The zero-order valence-electron chi connectivity index (χ0n) is 4.24. The van der Waals surface area contributed by atoms with E-state index in [-0.39, 0.29) is 0 Å². The van der Waals surface area contributed by atoms with Crippen LogP contribution in [0.1, 0.15) is 0 Å². The van der Waals surface area contributed by atoms with Crippen molar-refractivity contribution in [3.8, 4) is 0 Å². The van der Waals surface area contributed by atoms with Crippen molar-refractivity contribution in [2.75, 3.05) is 0 Å². The van der Waals surface area contributed by atoms with E-state index in [1.807, 2.05) is 6.07 Å². The number of benzene rings is 1. The molecule has 8 heavy (non-hydrogen) atoms. The summed E-state index contributed by atoms with van der Waals surface area (Å²) in [6, 6.07) is 10.4. The van der Waals surface area contributed by atoms with Gasteiger partial charge in [-0.3, -0.25) is 0 Å². The molecular formula is C6H5RuSi+. The van der Waals surface area contributed by atoms with Crippen LogP contribution in [-0.4, -0.2) is 7.28 Å². The first-order valence-corrected chi connectivity index (χ1v) is 5.80. The maximum absolute atomic E-state index is 2.64. The Hall–Kier alpha value is 0.0603. The van der Waals surface area contributed by atoms with Gasteiger partial charge in [0.15, 0.2) is 0 Å². The van der Waals surface area contributed by atoms with Crippen LogP contribution in [0.25, 0.3) is 0 Å². The zero-order valence-corrected chi connectivity index (χ0v) is 6.98. The fourth-order valence-corrected chi connectivity index (χ4v) is 1.68. The average molecular weight is 206 g/mol. The Labute approximate surface area is 60.1 Å². The van der Waals surface area contributed by atoms with Crippen molar-refractivity contribution in [1.29, 1.82) is 0 Å². The van der Waals surface area contributed by atoms with E-state index < -0.39 is 0 Å². The van der Waals surface area contributed by atoms with Crippen molar-refractivity contribution >= 4 is 12.5 Å². The van der Waals surface area contributed by atoms with Crippen molar-refractivity contribution in [2.45, 2.75) is 0 Å². The molecule has 0 saturated heterocycles. The minimum atomic E-state index is 0.860. The molecule has 0 aliphatic rings. The van der Waals surface area contributed by atoms with Crippen LogP contribution >= 0.6 is 0 Å². The molecule has 0 atom stereocenters. The third kappa shape index (κ3) is 1.53. The summed E-state index contributed by atoms with van der Waals surface area (Å²) >= 11 is 2.64. The molecule has 0 nitrogen and oxygen atoms in total. The molecule has 0 saturated carbocycles. The Morgan fingerprint density at radius 1 is 1.12 bits per heavy atom. The van der Waals surface area contributed by atoms with Gasteiger partial charge in [0.2, 0.25) is 0 Å². The van der Waals surface area contributed by atoms with Crippen LogP contribution in [-0.2, 0) is 17.1 Å². The van der Waals surface area contributed by atoms with Crippen molar-refractivity contribution < 1.29 is 17.1 Å². The molecule has 2 heteroatoms. The zero-order chi connectivity index (χ0) is 5.82. The van der Waals surface area contributed by atoms with Gasteiger partial charge in [0.05, 0.1) is 0 Å². The molecule has 0 aliphatic heterocycles. The van der Waals surface area contributed by atoms with Gasteiger partial charge in [0.1, 0.15) is 0 Å². The summed E-state index contributed by atoms with van der Waals surface area (Å²) in [6.07, 6.45) is 0. The summed E-state index contributed by atoms with van der Waals surface area (Å²) in [5.74, 6) is 0. The summed E-state index contributed by atoms with van der Waals surface area (Å²) in [7, 11) is 0.860. The minimum absolute atomic E-state index is 0.860. The second-order valence-corrected chi connectivity index (χ2v) is 3.51. The molecule has 1 radical (unpaired) electrons. The molecule has 0 fully saturated rings. The second kappa shape index (κ2) is 3.16. The number of rotatable bonds is 1. The van der Waals surface area contributed by atoms with E-state index in [4.69, 9.17) is 0 Å². The van der Waals surface area contributed by atoms with E-state index in [2.05, 4.69) is 41.4 Å². The van der Waals surface area contributed by atoms with Gasteiger partial charge < -0.3 is 0 Å². The predicted octanol–water partition coefficient (Wildman–Crippen LogP) is 0.478. The first kappa shape index (κ1) is 6.18. The Kier molecular flexibility index (Phi) is 2.44. The van der Waals surface area contributed by atoms with Gasteiger partial charge in [0.25, 0.3) is 0 Å². The standard InChI is InChI=1S/C6H5Si.Ru/c7-6-4-2-1-3-5-6;/h1-5H;/q;+1. The van der Waals surface area contributed by atoms with Crippen LogP contribution < -0.4 is 5.19 Å². The van der Waals surface area contributed by atoms with Crippen LogP contribution in [0.4, 0.5) is 0 Å². The molecule has 0 spiro atoms. The first-order valence-electron chi connectivity index (χ1n) is 2.34. The Balaban J connectivity index is 2.99. The molecule has 0 N–H and O–H groups in total. The summed E-state index contributed by atoms with van der Waals surface area (Å²) in [6.45, 7) is 0. The quantitative estimate of drug-likeness (QED) is 0.586. The second-order valence-electron chi connectivity index (χ2n) is 1.45. The fraction of sp³-hybridized carbons (Fsp3) is 0. The van der Waals surface area contributed by atoms with Gasteiger partial charge in [0, 0.05) is 0 Å². The van der Waals surface area contributed by atoms with E-state index in [0.717, 1.165) is 7.28 Å². The molecule has 40 valence electrons. The third-order valence-corrected chi connectivity index (χ3v) is 2.92. The van der Waals surface area contributed by atoms with Crippen molar-refractivity contribution in [1.82, 2.24) is 0 Å². The van der Waals surface area contributed by atoms with Crippen LogP contribution in [0.5, 0.6) is 0 Å². The summed E-state index contributed by atoms with van der Waals surface area (Å²) in [4.78, 5) is 0. The molecule has 1 rings (SSSR count). The van der Waals surface area contributed by atoms with Crippen LogP contribution in [0.15, 0.2) is 30.3 Å². The van der Waals surface area contributed by atoms with Gasteiger partial charge in [-0.25, -0.2) is 0 Å². The first-order chi connectivity index (χ1) is 3.93. The normalized spacial score (nSPS) is 8.50. The Morgan fingerprint density at radius 2 is 1.75 bits per heavy atom. The van der Waals surface area contributed by atoms with Gasteiger partial charge in [-0.15, -0.1) is 0 Å². The molecule has 0 bridgehead atoms. The van der Waals surface area contributed by atoms with E-state index in [1.54, 1.807) is 0 Å². The van der Waals surface area contributed by atoms with Crippen molar-refractivity contribution in [3.05, 3.63) is 30.3 Å². The monoisotopic (exact) mass is 207 g/mol. The molecule has 1 aromatic carbocycles. The number of hydrogen-bond donors (Lipinski definition) is 0. The maximum atomic E-state index is 2.64. The van der Waals surface area contributed by atoms with E-state index in [0.29, 0.717) is 0 Å². The van der Waals surface area contributed by atoms with E-state index >= 15 is 0 Å². The summed E-state index contributed by atoms with van der Waals surface area (Å²) < 4.78 is 0. The average Bonchev–Trinajstić information content (AvgIpc) is 1.90. The summed E-state index contributed by atoms with van der Waals surface area (Å²) in [5, 5.41) is 1.41. The van der Waals surface area contributed by atoms with E-state index in [1.165, 1.54) is 5.19 Å². The van der Waals surface area contributed by atoms with Crippen molar-refractivity contribution in [3.63, 3.8) is 0 Å². The van der Waals surface area contributed by atoms with Gasteiger partial charge >= 0.3 is 59.9 Å². The van der Waals surface area contributed by atoms with Gasteiger partial charge in [-0.1, -0.05) is 0 Å². The molecule has 1 aromatic rings. The Bertz CT molecular complexity index is 171. The molecular weight excluding hydrogens is 201 g/mol. The van der Waals surface area contributed by atoms with Crippen LogP contribution in [0.3, 0.4) is 0 Å². The molecule has 0 aliphatic carbocycles.